The molecule has 2 saturated heterocycles. The topological polar surface area (TPSA) is 93.2 Å². The van der Waals surface area contributed by atoms with E-state index in [9.17, 15) is 19.2 Å². The molecule has 2 aliphatic heterocycles. The van der Waals surface area contributed by atoms with E-state index in [-0.39, 0.29) is 54.7 Å². The zero-order chi connectivity index (χ0) is 25.6. The molecular weight excluding hydrogens is 448 g/mol. The first-order chi connectivity index (χ1) is 16.7. The predicted molar refractivity (Wildman–Crippen MR) is 131 cm³/mol. The third-order valence-corrected chi connectivity index (χ3v) is 7.05. The summed E-state index contributed by atoms with van der Waals surface area (Å²) in [7, 11) is 3.09. The van der Waals surface area contributed by atoms with Gasteiger partial charge in [0.15, 0.2) is 0 Å². The van der Waals surface area contributed by atoms with Crippen LogP contribution < -0.4 is 4.74 Å². The first-order valence-corrected chi connectivity index (χ1v) is 12.5. The number of hydrogen-bond donors (Lipinski definition) is 0. The van der Waals surface area contributed by atoms with Crippen LogP contribution in [0, 0.1) is 11.8 Å². The number of piperidine rings is 1. The molecule has 35 heavy (non-hydrogen) atoms. The van der Waals surface area contributed by atoms with Crippen LogP contribution in [0.1, 0.15) is 57.9 Å². The summed E-state index contributed by atoms with van der Waals surface area (Å²) >= 11 is 0. The molecular formula is C27H38N2O6. The first-order valence-electron chi connectivity index (χ1n) is 12.5. The van der Waals surface area contributed by atoms with Crippen molar-refractivity contribution in [2.24, 2.45) is 11.8 Å². The summed E-state index contributed by atoms with van der Waals surface area (Å²) in [5.41, 5.74) is -0.782. The third kappa shape index (κ3) is 5.92. The zero-order valence-electron chi connectivity index (χ0n) is 21.4. The molecule has 3 amide bonds. The smallest absolute Gasteiger partial charge is 0.241 e. The fourth-order valence-electron chi connectivity index (χ4n) is 5.28. The average Bonchev–Trinajstić information content (AvgIpc) is 3.08. The highest BCUT2D eigenvalue weighted by molar-refractivity contribution is 6.11. The second-order valence-electron chi connectivity index (χ2n) is 10.1. The van der Waals surface area contributed by atoms with Gasteiger partial charge < -0.3 is 14.4 Å². The molecule has 2 fully saturated rings. The van der Waals surface area contributed by atoms with Gasteiger partial charge in [-0.15, -0.1) is 0 Å². The Labute approximate surface area is 207 Å². The number of rotatable bonds is 11. The van der Waals surface area contributed by atoms with Gasteiger partial charge in [0.2, 0.25) is 17.7 Å². The van der Waals surface area contributed by atoms with Crippen molar-refractivity contribution in [3.63, 3.8) is 0 Å². The standard InChI is InChI=1S/C27H38N2O6/c1-19(2)15-22(30)20-9-7-12-28(18-20)24(31)16-27(21-10-5-6-11-23(21)35-4)17-25(32)29(26(27)33)13-8-14-34-3/h5-6,10-11,19-20H,7-9,12-18H2,1-4H3/t20-,27+/m0/s1. The van der Waals surface area contributed by atoms with Crippen LogP contribution in [0.15, 0.2) is 24.3 Å². The lowest BCUT2D eigenvalue weighted by atomic mass is 9.75. The lowest BCUT2D eigenvalue weighted by Crippen LogP contribution is -2.47. The highest BCUT2D eigenvalue weighted by atomic mass is 16.5. The maximum atomic E-state index is 13.8. The number of para-hydroxylation sites is 1. The van der Waals surface area contributed by atoms with E-state index in [0.29, 0.717) is 43.9 Å². The van der Waals surface area contributed by atoms with Gasteiger partial charge in [0, 0.05) is 64.1 Å². The van der Waals surface area contributed by atoms with Crippen molar-refractivity contribution >= 4 is 23.5 Å². The lowest BCUT2D eigenvalue weighted by molar-refractivity contribution is -0.144. The molecule has 8 heteroatoms. The minimum atomic E-state index is -1.33. The molecule has 0 bridgehead atoms. The summed E-state index contributed by atoms with van der Waals surface area (Å²) < 4.78 is 10.6. The Morgan fingerprint density at radius 2 is 1.91 bits per heavy atom. The fourth-order valence-corrected chi connectivity index (χ4v) is 5.28. The van der Waals surface area contributed by atoms with Crippen molar-refractivity contribution in [1.82, 2.24) is 9.80 Å². The molecule has 0 saturated carbocycles. The molecule has 0 aromatic heterocycles. The summed E-state index contributed by atoms with van der Waals surface area (Å²) in [4.78, 5) is 56.1. The number of carbonyl (C=O) groups is 4. The van der Waals surface area contributed by atoms with E-state index in [4.69, 9.17) is 9.47 Å². The van der Waals surface area contributed by atoms with Gasteiger partial charge in [-0.1, -0.05) is 32.0 Å². The molecule has 0 spiro atoms. The normalized spacial score (nSPS) is 22.7. The van der Waals surface area contributed by atoms with Crippen LogP contribution in [0.5, 0.6) is 5.75 Å². The second-order valence-corrected chi connectivity index (χ2v) is 10.1. The number of Topliss-reactive ketones (excluding diaryl/α,β-unsaturated/α-hetero) is 1. The quantitative estimate of drug-likeness (QED) is 0.353. The Balaban J connectivity index is 1.88. The van der Waals surface area contributed by atoms with E-state index >= 15 is 0 Å². The Hall–Kier alpha value is -2.74. The van der Waals surface area contributed by atoms with E-state index in [0.717, 1.165) is 12.8 Å². The molecule has 3 rings (SSSR count). The van der Waals surface area contributed by atoms with Crippen molar-refractivity contribution < 1.29 is 28.7 Å². The Bertz CT molecular complexity index is 945. The van der Waals surface area contributed by atoms with Gasteiger partial charge in [-0.05, 0) is 31.2 Å². The number of imide groups is 1. The van der Waals surface area contributed by atoms with E-state index < -0.39 is 5.41 Å². The molecule has 1 aromatic rings. The minimum absolute atomic E-state index is 0.0888. The number of benzene rings is 1. The zero-order valence-corrected chi connectivity index (χ0v) is 21.4. The van der Waals surface area contributed by atoms with Gasteiger partial charge in [-0.25, -0.2) is 0 Å². The Morgan fingerprint density at radius 3 is 2.60 bits per heavy atom. The SMILES string of the molecule is COCCCN1C(=O)C[C@](CC(=O)N2CCC[C@H](C(=O)CC(C)C)C2)(c2ccccc2OC)C1=O. The number of nitrogens with zero attached hydrogens (tertiary/aromatic N) is 2. The number of carbonyl (C=O) groups excluding carboxylic acids is 4. The van der Waals surface area contributed by atoms with Crippen molar-refractivity contribution in [1.29, 1.82) is 0 Å². The van der Waals surface area contributed by atoms with Gasteiger partial charge >= 0.3 is 0 Å². The van der Waals surface area contributed by atoms with Crippen molar-refractivity contribution in [2.45, 2.75) is 57.8 Å². The Morgan fingerprint density at radius 1 is 1.17 bits per heavy atom. The van der Waals surface area contributed by atoms with Crippen LogP contribution in [0.2, 0.25) is 0 Å². The number of methoxy groups -OCH3 is 2. The molecule has 192 valence electrons. The molecule has 2 heterocycles. The summed E-state index contributed by atoms with van der Waals surface area (Å²) in [6, 6.07) is 7.09. The molecule has 8 nitrogen and oxygen atoms in total. The van der Waals surface area contributed by atoms with Crippen LogP contribution in [0.4, 0.5) is 0 Å². The molecule has 2 aliphatic rings. The largest absolute Gasteiger partial charge is 0.496 e. The van der Waals surface area contributed by atoms with Gasteiger partial charge in [0.05, 0.1) is 12.5 Å². The fraction of sp³-hybridized carbons (Fsp3) is 0.630. The highest BCUT2D eigenvalue weighted by Crippen LogP contribution is 2.44. The number of ketones is 1. The number of ether oxygens (including phenoxy) is 2. The second kappa shape index (κ2) is 11.8. The third-order valence-electron chi connectivity index (χ3n) is 7.05. The van der Waals surface area contributed by atoms with Crippen LogP contribution in [-0.2, 0) is 29.3 Å². The summed E-state index contributed by atoms with van der Waals surface area (Å²) in [5.74, 6) is -0.123. The molecule has 0 N–H and O–H groups in total. The molecule has 0 aliphatic carbocycles. The molecule has 2 atom stereocenters. The molecule has 0 unspecified atom stereocenters. The highest BCUT2D eigenvalue weighted by Gasteiger charge is 2.55. The van der Waals surface area contributed by atoms with Crippen LogP contribution in [0.25, 0.3) is 0 Å². The van der Waals surface area contributed by atoms with Crippen LogP contribution in [0.3, 0.4) is 0 Å². The van der Waals surface area contributed by atoms with Crippen molar-refractivity contribution in [3.8, 4) is 5.75 Å². The monoisotopic (exact) mass is 486 g/mol. The summed E-state index contributed by atoms with van der Waals surface area (Å²) in [6.07, 6.45) is 2.32. The summed E-state index contributed by atoms with van der Waals surface area (Å²) in [5, 5.41) is 0. The van der Waals surface area contributed by atoms with E-state index in [1.807, 2.05) is 13.8 Å². The maximum Gasteiger partial charge on any atom is 0.241 e. The Kier molecular flexibility index (Phi) is 9.05. The lowest BCUT2D eigenvalue weighted by Gasteiger charge is -2.35. The van der Waals surface area contributed by atoms with Gasteiger partial charge in [0.25, 0.3) is 0 Å². The number of likely N-dealkylation sites (tertiary alicyclic amines) is 2. The van der Waals surface area contributed by atoms with E-state index in [1.165, 1.54) is 12.0 Å². The van der Waals surface area contributed by atoms with E-state index in [2.05, 4.69) is 0 Å². The number of hydrogen-bond acceptors (Lipinski definition) is 6. The first kappa shape index (κ1) is 26.9. The van der Waals surface area contributed by atoms with E-state index in [1.54, 1.807) is 36.3 Å². The number of amides is 3. The predicted octanol–water partition coefficient (Wildman–Crippen LogP) is 2.97. The van der Waals surface area contributed by atoms with Gasteiger partial charge in [-0.2, -0.15) is 0 Å². The van der Waals surface area contributed by atoms with Crippen LogP contribution >= 0.6 is 0 Å². The van der Waals surface area contributed by atoms with Gasteiger partial charge in [-0.3, -0.25) is 24.1 Å². The minimum Gasteiger partial charge on any atom is -0.496 e. The summed E-state index contributed by atoms with van der Waals surface area (Å²) in [6.45, 7) is 5.62. The van der Waals surface area contributed by atoms with Crippen molar-refractivity contribution in [2.75, 3.05) is 40.5 Å². The average molecular weight is 487 g/mol. The van der Waals surface area contributed by atoms with Gasteiger partial charge in [0.1, 0.15) is 11.5 Å². The van der Waals surface area contributed by atoms with Crippen molar-refractivity contribution in [3.05, 3.63) is 29.8 Å². The van der Waals surface area contributed by atoms with Crippen LogP contribution in [-0.4, -0.2) is 73.8 Å². The molecule has 1 aromatic carbocycles. The molecule has 0 radical (unpaired) electrons. The maximum absolute atomic E-state index is 13.8.